The Labute approximate surface area is 140 Å². The van der Waals surface area contributed by atoms with Crippen molar-refractivity contribution in [3.63, 3.8) is 0 Å². The van der Waals surface area contributed by atoms with E-state index in [9.17, 15) is 0 Å². The molecule has 3 heteroatoms. The molecule has 0 aliphatic heterocycles. The minimum absolute atomic E-state index is 1.22. The van der Waals surface area contributed by atoms with Crippen LogP contribution >= 0.6 is 11.3 Å². The number of aryl methyl sites for hydroxylation is 1. The van der Waals surface area contributed by atoms with Crippen LogP contribution in [0.1, 0.15) is 69.9 Å². The van der Waals surface area contributed by atoms with E-state index in [1.54, 1.807) is 3.02 Å². The topological polar surface area (TPSA) is 12.9 Å². The molecule has 0 amide bonds. The Hall–Kier alpha value is 0.169. The van der Waals surface area contributed by atoms with Crippen LogP contribution in [0.5, 0.6) is 0 Å². The molecule has 21 heavy (non-hydrogen) atoms. The van der Waals surface area contributed by atoms with E-state index in [4.69, 9.17) is 4.98 Å². The van der Waals surface area contributed by atoms with Crippen LogP contribution in [0.3, 0.4) is 0 Å². The fourth-order valence-electron chi connectivity index (χ4n) is 3.07. The van der Waals surface area contributed by atoms with E-state index in [0.717, 1.165) is 0 Å². The SMILES string of the molecule is C=Cc1s[c]([Sn]([CH2]CCC)([CH2]CCC)[CH2]CCC)nc1C. The Morgan fingerprint density at radius 2 is 1.48 bits per heavy atom. The molecule has 0 unspecified atom stereocenters. The van der Waals surface area contributed by atoms with E-state index < -0.39 is 18.4 Å². The van der Waals surface area contributed by atoms with E-state index in [-0.39, 0.29) is 0 Å². The van der Waals surface area contributed by atoms with Crippen molar-refractivity contribution >= 4 is 38.8 Å². The quantitative estimate of drug-likeness (QED) is 0.396. The molecular weight excluding hydrogens is 381 g/mol. The van der Waals surface area contributed by atoms with E-state index in [2.05, 4.69) is 34.3 Å². The summed E-state index contributed by atoms with van der Waals surface area (Å²) in [6, 6.07) is 0. The average molecular weight is 414 g/mol. The summed E-state index contributed by atoms with van der Waals surface area (Å²) in [7, 11) is 0. The van der Waals surface area contributed by atoms with Crippen LogP contribution in [0.15, 0.2) is 6.58 Å². The minimum atomic E-state index is -2.28. The number of aromatic nitrogens is 1. The first-order chi connectivity index (χ1) is 10.1. The van der Waals surface area contributed by atoms with Gasteiger partial charge in [-0.05, 0) is 0 Å². The van der Waals surface area contributed by atoms with Gasteiger partial charge in [-0.15, -0.1) is 0 Å². The molecule has 120 valence electrons. The maximum absolute atomic E-state index is 5.05. The number of unbranched alkanes of at least 4 members (excludes halogenated alkanes) is 3. The van der Waals surface area contributed by atoms with Crippen LogP contribution in [-0.4, -0.2) is 23.4 Å². The van der Waals surface area contributed by atoms with E-state index in [1.165, 1.54) is 62.4 Å². The molecule has 1 aromatic rings. The molecule has 0 aliphatic carbocycles. The van der Waals surface area contributed by atoms with Crippen LogP contribution in [0.25, 0.3) is 6.08 Å². The van der Waals surface area contributed by atoms with Gasteiger partial charge < -0.3 is 0 Å². The van der Waals surface area contributed by atoms with Gasteiger partial charge in [0.15, 0.2) is 0 Å². The number of hydrogen-bond acceptors (Lipinski definition) is 2. The third-order valence-electron chi connectivity index (χ3n) is 4.50. The van der Waals surface area contributed by atoms with Crippen molar-refractivity contribution in [1.29, 1.82) is 0 Å². The van der Waals surface area contributed by atoms with Gasteiger partial charge in [0.1, 0.15) is 0 Å². The van der Waals surface area contributed by atoms with Gasteiger partial charge in [0.25, 0.3) is 0 Å². The Morgan fingerprint density at radius 1 is 1.00 bits per heavy atom. The van der Waals surface area contributed by atoms with E-state index in [1.807, 2.05) is 17.4 Å². The first kappa shape index (κ1) is 19.2. The predicted octanol–water partition coefficient (Wildman–Crippen LogP) is 6.15. The van der Waals surface area contributed by atoms with E-state index >= 15 is 0 Å². The Morgan fingerprint density at radius 3 is 1.81 bits per heavy atom. The molecule has 0 fully saturated rings. The molecule has 0 atom stereocenters. The zero-order valence-electron chi connectivity index (χ0n) is 14.5. The van der Waals surface area contributed by atoms with Crippen molar-refractivity contribution < 1.29 is 0 Å². The fraction of sp³-hybridized carbons (Fsp3) is 0.722. The first-order valence-electron chi connectivity index (χ1n) is 8.73. The Kier molecular flexibility index (Phi) is 9.19. The summed E-state index contributed by atoms with van der Waals surface area (Å²) in [5.41, 5.74) is 1.22. The summed E-state index contributed by atoms with van der Waals surface area (Å²) in [5, 5.41) is 0. The van der Waals surface area contributed by atoms with Crippen LogP contribution in [0.2, 0.25) is 13.3 Å². The number of thiazole rings is 1. The van der Waals surface area contributed by atoms with Crippen LogP contribution in [0.4, 0.5) is 0 Å². The average Bonchev–Trinajstić information content (AvgIpc) is 2.88. The number of hydrogen-bond donors (Lipinski definition) is 0. The van der Waals surface area contributed by atoms with Crippen LogP contribution < -0.4 is 3.02 Å². The summed E-state index contributed by atoms with van der Waals surface area (Å²) < 4.78 is 6.12. The second-order valence-electron chi connectivity index (χ2n) is 6.26. The second kappa shape index (κ2) is 10.0. The third kappa shape index (κ3) is 5.38. The van der Waals surface area contributed by atoms with Gasteiger partial charge in [-0.25, -0.2) is 0 Å². The van der Waals surface area contributed by atoms with E-state index in [0.29, 0.717) is 0 Å². The first-order valence-corrected chi connectivity index (χ1v) is 17.0. The zero-order valence-corrected chi connectivity index (χ0v) is 18.2. The third-order valence-corrected chi connectivity index (χ3v) is 23.4. The second-order valence-corrected chi connectivity index (χ2v) is 21.3. The number of rotatable bonds is 11. The van der Waals surface area contributed by atoms with Gasteiger partial charge in [0.05, 0.1) is 0 Å². The van der Waals surface area contributed by atoms with Gasteiger partial charge >= 0.3 is 140 Å². The molecule has 0 radical (unpaired) electrons. The summed E-state index contributed by atoms with van der Waals surface area (Å²) in [4.78, 5) is 6.37. The molecule has 0 aliphatic rings. The zero-order chi connectivity index (χ0) is 15.7. The molecule has 0 aromatic carbocycles. The summed E-state index contributed by atoms with van der Waals surface area (Å²) in [6.07, 6.45) is 10.2. The summed E-state index contributed by atoms with van der Waals surface area (Å²) in [6.45, 7) is 13.1. The van der Waals surface area contributed by atoms with Crippen molar-refractivity contribution in [3.05, 3.63) is 17.2 Å². The predicted molar refractivity (Wildman–Crippen MR) is 101 cm³/mol. The summed E-state index contributed by atoms with van der Waals surface area (Å²) in [5.74, 6) is 0. The van der Waals surface area contributed by atoms with Gasteiger partial charge in [-0.3, -0.25) is 0 Å². The Bertz CT molecular complexity index is 403. The molecule has 1 rings (SSSR count). The fourth-order valence-corrected chi connectivity index (χ4v) is 22.7. The monoisotopic (exact) mass is 415 g/mol. The molecule has 0 saturated heterocycles. The van der Waals surface area contributed by atoms with Crippen LogP contribution in [0, 0.1) is 6.92 Å². The van der Waals surface area contributed by atoms with Gasteiger partial charge in [-0.1, -0.05) is 0 Å². The molecule has 1 heterocycles. The van der Waals surface area contributed by atoms with Gasteiger partial charge in [0.2, 0.25) is 0 Å². The van der Waals surface area contributed by atoms with Crippen molar-refractivity contribution in [2.24, 2.45) is 0 Å². The molecule has 0 N–H and O–H groups in total. The molecule has 1 nitrogen and oxygen atoms in total. The molecule has 0 saturated carbocycles. The molecule has 0 spiro atoms. The Balaban J connectivity index is 3.12. The molecule has 0 bridgehead atoms. The van der Waals surface area contributed by atoms with Crippen molar-refractivity contribution in [2.45, 2.75) is 79.5 Å². The van der Waals surface area contributed by atoms with Crippen molar-refractivity contribution in [1.82, 2.24) is 4.98 Å². The molecule has 1 aromatic heterocycles. The van der Waals surface area contributed by atoms with Gasteiger partial charge in [0, 0.05) is 0 Å². The van der Waals surface area contributed by atoms with Crippen molar-refractivity contribution in [2.75, 3.05) is 0 Å². The van der Waals surface area contributed by atoms with Gasteiger partial charge in [-0.2, -0.15) is 0 Å². The summed E-state index contributed by atoms with van der Waals surface area (Å²) >= 11 is -0.300. The molecular formula is C18H33NSSn. The van der Waals surface area contributed by atoms with Crippen molar-refractivity contribution in [3.8, 4) is 0 Å². The van der Waals surface area contributed by atoms with Crippen LogP contribution in [-0.2, 0) is 0 Å². The normalized spacial score (nSPS) is 11.8. The number of nitrogens with zero attached hydrogens (tertiary/aromatic N) is 1. The maximum atomic E-state index is 5.05. The standard InChI is InChI=1S/C6H6NS.3C4H9.Sn/c1-3-6-5(2)7-4-8-6;3*1-3-4-2;/h3H,1H2,2H3;3*1,3-4H2,2H3;.